The maximum absolute atomic E-state index is 11.1. The molecule has 3 atom stereocenters. The molecule has 1 heterocycles. The molecule has 1 saturated heterocycles. The van der Waals surface area contributed by atoms with Crippen LogP contribution in [0.15, 0.2) is 30.3 Å². The van der Waals surface area contributed by atoms with Crippen LogP contribution in [0.3, 0.4) is 0 Å². The third-order valence-corrected chi connectivity index (χ3v) is 3.63. The highest BCUT2D eigenvalue weighted by Gasteiger charge is 2.47. The van der Waals surface area contributed by atoms with Gasteiger partial charge in [-0.05, 0) is 5.56 Å². The van der Waals surface area contributed by atoms with E-state index in [1.807, 2.05) is 35.2 Å². The number of nitrogens with zero attached hydrogens (tertiary/aromatic N) is 1. The van der Waals surface area contributed by atoms with Crippen molar-refractivity contribution in [1.82, 2.24) is 10.2 Å². The molecule has 104 valence electrons. The van der Waals surface area contributed by atoms with Crippen LogP contribution in [0.1, 0.15) is 12.5 Å². The number of carbonyl (C=O) groups is 1. The first-order valence-corrected chi connectivity index (χ1v) is 6.46. The van der Waals surface area contributed by atoms with Gasteiger partial charge in [-0.25, -0.2) is 0 Å². The van der Waals surface area contributed by atoms with Crippen molar-refractivity contribution in [3.05, 3.63) is 35.9 Å². The van der Waals surface area contributed by atoms with Crippen molar-refractivity contribution < 1.29 is 15.0 Å². The number of hydrogen-bond donors (Lipinski definition) is 3. The summed E-state index contributed by atoms with van der Waals surface area (Å²) in [6.45, 7) is 2.04. The van der Waals surface area contributed by atoms with Gasteiger partial charge in [-0.2, -0.15) is 0 Å². The zero-order chi connectivity index (χ0) is 13.8. The predicted molar refractivity (Wildman–Crippen MR) is 71.3 cm³/mol. The number of amides is 1. The third-order valence-electron chi connectivity index (χ3n) is 3.63. The molecule has 1 amide bonds. The average Bonchev–Trinajstić information content (AvgIpc) is 2.39. The van der Waals surface area contributed by atoms with Crippen molar-refractivity contribution in [2.45, 2.75) is 31.6 Å². The van der Waals surface area contributed by atoms with Gasteiger partial charge >= 0.3 is 0 Å². The Morgan fingerprint density at radius 3 is 2.26 bits per heavy atom. The van der Waals surface area contributed by atoms with Crippen molar-refractivity contribution in [2.24, 2.45) is 0 Å². The van der Waals surface area contributed by atoms with E-state index in [-0.39, 0.29) is 37.2 Å². The Kier molecular flexibility index (Phi) is 4.52. The van der Waals surface area contributed by atoms with E-state index in [0.717, 1.165) is 5.56 Å². The molecular formula is C14H20N2O3. The first-order chi connectivity index (χ1) is 9.17. The molecule has 1 aromatic rings. The summed E-state index contributed by atoms with van der Waals surface area (Å²) in [5.74, 6) is -0.138. The summed E-state index contributed by atoms with van der Waals surface area (Å²) in [4.78, 5) is 13.2. The fraction of sp³-hybridized carbons (Fsp3) is 0.500. The van der Waals surface area contributed by atoms with Gasteiger partial charge in [-0.1, -0.05) is 30.3 Å². The lowest BCUT2D eigenvalue weighted by Crippen LogP contribution is -2.74. The second-order valence-electron chi connectivity index (χ2n) is 4.88. The van der Waals surface area contributed by atoms with Gasteiger partial charge < -0.3 is 15.5 Å². The van der Waals surface area contributed by atoms with E-state index in [2.05, 4.69) is 5.32 Å². The maximum Gasteiger partial charge on any atom is 0.217 e. The predicted octanol–water partition coefficient (Wildman–Crippen LogP) is -0.271. The van der Waals surface area contributed by atoms with Gasteiger partial charge in [0, 0.05) is 13.5 Å². The van der Waals surface area contributed by atoms with Crippen molar-refractivity contribution in [1.29, 1.82) is 0 Å². The molecule has 3 N–H and O–H groups in total. The zero-order valence-electron chi connectivity index (χ0n) is 11.0. The number of aliphatic hydroxyl groups excluding tert-OH is 2. The SMILES string of the molecule is CC(=O)NC1[C@@H](CO)N(Cc2ccccc2)[C@H]1CO. The molecule has 19 heavy (non-hydrogen) atoms. The van der Waals surface area contributed by atoms with Crippen LogP contribution in [0.25, 0.3) is 0 Å². The molecule has 0 spiro atoms. The van der Waals surface area contributed by atoms with E-state index in [0.29, 0.717) is 6.54 Å². The Hall–Kier alpha value is -1.43. The molecule has 0 saturated carbocycles. The maximum atomic E-state index is 11.1. The zero-order valence-corrected chi connectivity index (χ0v) is 11.0. The standard InChI is InChI=1S/C14H20N2O3/c1-10(19)15-14-12(8-17)16(13(14)9-18)7-11-5-3-2-4-6-11/h2-6,12-14,17-18H,7-9H2,1H3,(H,15,19)/t12-,13+,14?. The normalized spacial score (nSPS) is 26.8. The Bertz CT molecular complexity index is 412. The van der Waals surface area contributed by atoms with Crippen LogP contribution in [0, 0.1) is 0 Å². The average molecular weight is 264 g/mol. The summed E-state index contributed by atoms with van der Waals surface area (Å²) in [6.07, 6.45) is 0. The Balaban J connectivity index is 2.05. The lowest BCUT2D eigenvalue weighted by atomic mass is 9.86. The minimum absolute atomic E-state index is 0.0335. The quantitative estimate of drug-likeness (QED) is 0.684. The van der Waals surface area contributed by atoms with Crippen molar-refractivity contribution in [3.8, 4) is 0 Å². The van der Waals surface area contributed by atoms with Crippen molar-refractivity contribution >= 4 is 5.91 Å². The molecule has 1 aliphatic heterocycles. The van der Waals surface area contributed by atoms with E-state index in [9.17, 15) is 15.0 Å². The number of benzene rings is 1. The van der Waals surface area contributed by atoms with Crippen LogP contribution < -0.4 is 5.32 Å². The first-order valence-electron chi connectivity index (χ1n) is 6.46. The summed E-state index contributed by atoms with van der Waals surface area (Å²) in [6, 6.07) is 9.43. The number of likely N-dealkylation sites (tertiary alicyclic amines) is 1. The van der Waals surface area contributed by atoms with Crippen molar-refractivity contribution in [3.63, 3.8) is 0 Å². The first kappa shape index (κ1) is 14.0. The number of nitrogens with one attached hydrogen (secondary N) is 1. The lowest BCUT2D eigenvalue weighted by Gasteiger charge is -2.54. The van der Waals surface area contributed by atoms with Gasteiger partial charge in [0.2, 0.25) is 5.91 Å². The van der Waals surface area contributed by atoms with Crippen LogP contribution in [-0.4, -0.2) is 52.4 Å². The summed E-state index contributed by atoms with van der Waals surface area (Å²) in [5.41, 5.74) is 1.13. The van der Waals surface area contributed by atoms with Gasteiger partial charge in [-0.15, -0.1) is 0 Å². The fourth-order valence-corrected chi connectivity index (χ4v) is 2.71. The highest BCUT2D eigenvalue weighted by molar-refractivity contribution is 5.73. The minimum Gasteiger partial charge on any atom is -0.395 e. The van der Waals surface area contributed by atoms with E-state index in [4.69, 9.17) is 0 Å². The molecule has 1 fully saturated rings. The van der Waals surface area contributed by atoms with Crippen LogP contribution in [0.2, 0.25) is 0 Å². The largest absolute Gasteiger partial charge is 0.395 e. The monoisotopic (exact) mass is 264 g/mol. The second kappa shape index (κ2) is 6.14. The minimum atomic E-state index is -0.184. The van der Waals surface area contributed by atoms with Gasteiger partial charge in [0.15, 0.2) is 0 Å². The molecule has 5 heteroatoms. The molecule has 2 rings (SSSR count). The summed E-state index contributed by atoms with van der Waals surface area (Å²) >= 11 is 0. The topological polar surface area (TPSA) is 72.8 Å². The molecular weight excluding hydrogens is 244 g/mol. The van der Waals surface area contributed by atoms with Gasteiger partial charge in [-0.3, -0.25) is 9.69 Å². The smallest absolute Gasteiger partial charge is 0.217 e. The third kappa shape index (κ3) is 2.94. The second-order valence-corrected chi connectivity index (χ2v) is 4.88. The van der Waals surface area contributed by atoms with Crippen molar-refractivity contribution in [2.75, 3.05) is 13.2 Å². The molecule has 0 aromatic heterocycles. The van der Waals surface area contributed by atoms with Gasteiger partial charge in [0.25, 0.3) is 0 Å². The molecule has 0 aliphatic carbocycles. The number of hydrogen-bond acceptors (Lipinski definition) is 4. The molecule has 1 aliphatic rings. The number of carbonyl (C=O) groups excluding carboxylic acids is 1. The number of aliphatic hydroxyl groups is 2. The van der Waals surface area contributed by atoms with E-state index >= 15 is 0 Å². The number of rotatable bonds is 5. The molecule has 0 radical (unpaired) electrons. The van der Waals surface area contributed by atoms with Crippen LogP contribution in [0.4, 0.5) is 0 Å². The van der Waals surface area contributed by atoms with E-state index in [1.54, 1.807) is 0 Å². The molecule has 1 unspecified atom stereocenters. The molecule has 0 bridgehead atoms. The molecule has 1 aromatic carbocycles. The molecule has 5 nitrogen and oxygen atoms in total. The van der Waals surface area contributed by atoms with Crippen LogP contribution >= 0.6 is 0 Å². The summed E-state index contributed by atoms with van der Waals surface area (Å²) < 4.78 is 0. The van der Waals surface area contributed by atoms with Gasteiger partial charge in [0.05, 0.1) is 31.3 Å². The Morgan fingerprint density at radius 2 is 1.79 bits per heavy atom. The van der Waals surface area contributed by atoms with E-state index in [1.165, 1.54) is 6.92 Å². The fourth-order valence-electron chi connectivity index (χ4n) is 2.71. The Labute approximate surface area is 112 Å². The van der Waals surface area contributed by atoms with Crippen LogP contribution in [-0.2, 0) is 11.3 Å². The van der Waals surface area contributed by atoms with Gasteiger partial charge in [0.1, 0.15) is 0 Å². The summed E-state index contributed by atoms with van der Waals surface area (Å²) in [5, 5.41) is 21.7. The Morgan fingerprint density at radius 1 is 1.21 bits per heavy atom. The van der Waals surface area contributed by atoms with E-state index < -0.39 is 0 Å². The summed E-state index contributed by atoms with van der Waals surface area (Å²) in [7, 11) is 0. The highest BCUT2D eigenvalue weighted by Crippen LogP contribution is 2.28. The highest BCUT2D eigenvalue weighted by atomic mass is 16.3. The lowest BCUT2D eigenvalue weighted by molar-refractivity contribution is -0.128. The van der Waals surface area contributed by atoms with Crippen LogP contribution in [0.5, 0.6) is 0 Å².